The number of anilines is 1. The van der Waals surface area contributed by atoms with Crippen LogP contribution < -0.4 is 10.6 Å². The number of nitrogens with zero attached hydrogens (tertiary/aromatic N) is 1. The molecule has 2 amide bonds. The zero-order valence-corrected chi connectivity index (χ0v) is 22.3. The molecule has 0 bridgehead atoms. The van der Waals surface area contributed by atoms with Gasteiger partial charge in [-0.15, -0.1) is 0 Å². The van der Waals surface area contributed by atoms with E-state index in [1.165, 1.54) is 17.7 Å². The summed E-state index contributed by atoms with van der Waals surface area (Å²) in [4.78, 5) is 27.4. The van der Waals surface area contributed by atoms with E-state index in [0.717, 1.165) is 55.7 Å². The maximum Gasteiger partial charge on any atom is 0.226 e. The van der Waals surface area contributed by atoms with Crippen LogP contribution in [0.3, 0.4) is 0 Å². The van der Waals surface area contributed by atoms with Crippen LogP contribution >= 0.6 is 0 Å². The van der Waals surface area contributed by atoms with Crippen molar-refractivity contribution in [3.8, 4) is 0 Å². The number of halogens is 1. The highest BCUT2D eigenvalue weighted by atomic mass is 19.1. The molecule has 3 aromatic carbocycles. The van der Waals surface area contributed by atoms with Crippen LogP contribution in [-0.2, 0) is 16.0 Å². The van der Waals surface area contributed by atoms with Gasteiger partial charge in [0.2, 0.25) is 11.8 Å². The summed E-state index contributed by atoms with van der Waals surface area (Å²) < 4.78 is 13.2. The average molecular weight is 516 g/mol. The van der Waals surface area contributed by atoms with Crippen LogP contribution in [0.1, 0.15) is 61.8 Å². The Balaban J connectivity index is 1.31. The first-order chi connectivity index (χ1) is 18.4. The molecule has 4 rings (SSSR count). The molecule has 200 valence electrons. The molecule has 38 heavy (non-hydrogen) atoms. The smallest absolute Gasteiger partial charge is 0.226 e. The van der Waals surface area contributed by atoms with E-state index in [4.69, 9.17) is 0 Å². The number of rotatable bonds is 10. The molecule has 1 aliphatic heterocycles. The lowest BCUT2D eigenvalue weighted by molar-refractivity contribution is -0.121. The second-order valence-corrected chi connectivity index (χ2v) is 10.5. The summed E-state index contributed by atoms with van der Waals surface area (Å²) in [7, 11) is 0. The number of hydrogen-bond acceptors (Lipinski definition) is 3. The van der Waals surface area contributed by atoms with Crippen LogP contribution in [0.25, 0.3) is 0 Å². The van der Waals surface area contributed by atoms with Crippen LogP contribution in [0, 0.1) is 11.7 Å². The largest absolute Gasteiger partial charge is 0.349 e. The molecule has 5 nitrogen and oxygen atoms in total. The van der Waals surface area contributed by atoms with Gasteiger partial charge in [-0.3, -0.25) is 9.59 Å². The van der Waals surface area contributed by atoms with E-state index in [1.807, 2.05) is 44.2 Å². The molecule has 0 saturated carbocycles. The van der Waals surface area contributed by atoms with Gasteiger partial charge in [-0.2, -0.15) is 0 Å². The molecule has 0 spiro atoms. The fraction of sp³-hybridized carbons (Fsp3) is 0.375. The van der Waals surface area contributed by atoms with Crippen molar-refractivity contribution < 1.29 is 14.0 Å². The zero-order chi connectivity index (χ0) is 26.9. The van der Waals surface area contributed by atoms with Crippen LogP contribution in [-0.4, -0.2) is 36.3 Å². The van der Waals surface area contributed by atoms with Gasteiger partial charge in [-0.1, -0.05) is 68.4 Å². The summed E-state index contributed by atoms with van der Waals surface area (Å²) in [5, 5.41) is 6.22. The first-order valence-corrected chi connectivity index (χ1v) is 13.6. The third-order valence-corrected chi connectivity index (χ3v) is 7.29. The molecule has 1 fully saturated rings. The van der Waals surface area contributed by atoms with Crippen molar-refractivity contribution in [1.82, 2.24) is 10.2 Å². The molecule has 1 heterocycles. The molecule has 0 radical (unpaired) electrons. The van der Waals surface area contributed by atoms with E-state index in [2.05, 4.69) is 39.8 Å². The molecule has 0 unspecified atom stereocenters. The summed E-state index contributed by atoms with van der Waals surface area (Å²) in [5.41, 5.74) is 4.04. The minimum Gasteiger partial charge on any atom is -0.349 e. The Hall–Kier alpha value is -3.51. The van der Waals surface area contributed by atoms with Crippen molar-refractivity contribution in [3.05, 3.63) is 101 Å². The SMILES string of the molecule is CC(C)C(=O)Nc1cccc(C2CCN(CC[C@H](NC(=O)Cc3ccc(F)cc3)c3ccccc3)CC2)c1. The fourth-order valence-corrected chi connectivity index (χ4v) is 5.00. The number of hydrogen-bond donors (Lipinski definition) is 2. The van der Waals surface area contributed by atoms with Gasteiger partial charge in [-0.05, 0) is 79.2 Å². The summed E-state index contributed by atoms with van der Waals surface area (Å²) in [6.45, 7) is 6.69. The topological polar surface area (TPSA) is 61.4 Å². The highest BCUT2D eigenvalue weighted by molar-refractivity contribution is 5.92. The van der Waals surface area contributed by atoms with Gasteiger partial charge in [0.15, 0.2) is 0 Å². The van der Waals surface area contributed by atoms with Crippen molar-refractivity contribution in [2.45, 2.75) is 51.5 Å². The minimum atomic E-state index is -0.300. The van der Waals surface area contributed by atoms with Gasteiger partial charge in [0.1, 0.15) is 5.82 Å². The molecule has 1 aliphatic rings. The second-order valence-electron chi connectivity index (χ2n) is 10.5. The fourth-order valence-electron chi connectivity index (χ4n) is 5.00. The quantitative estimate of drug-likeness (QED) is 0.344. The lowest BCUT2D eigenvalue weighted by Crippen LogP contribution is -2.37. The molecule has 6 heteroatoms. The van der Waals surface area contributed by atoms with E-state index in [-0.39, 0.29) is 36.0 Å². The van der Waals surface area contributed by atoms with Gasteiger partial charge in [0, 0.05) is 18.2 Å². The predicted molar refractivity (Wildman–Crippen MR) is 150 cm³/mol. The van der Waals surface area contributed by atoms with Crippen molar-refractivity contribution in [2.75, 3.05) is 25.0 Å². The molecule has 0 aliphatic carbocycles. The number of carbonyl (C=O) groups excluding carboxylic acids is 2. The van der Waals surface area contributed by atoms with E-state index in [1.54, 1.807) is 12.1 Å². The summed E-state index contributed by atoms with van der Waals surface area (Å²) >= 11 is 0. The number of piperidine rings is 1. The van der Waals surface area contributed by atoms with Gasteiger partial charge in [0.05, 0.1) is 12.5 Å². The maximum absolute atomic E-state index is 13.2. The Kier molecular flexibility index (Phi) is 9.66. The second kappa shape index (κ2) is 13.3. The Bertz CT molecular complexity index is 1190. The van der Waals surface area contributed by atoms with Crippen molar-refractivity contribution in [1.29, 1.82) is 0 Å². The van der Waals surface area contributed by atoms with Crippen molar-refractivity contribution in [3.63, 3.8) is 0 Å². The number of nitrogens with one attached hydrogen (secondary N) is 2. The molecule has 0 aromatic heterocycles. The van der Waals surface area contributed by atoms with E-state index < -0.39 is 0 Å². The van der Waals surface area contributed by atoms with Crippen molar-refractivity contribution in [2.24, 2.45) is 5.92 Å². The van der Waals surface area contributed by atoms with Gasteiger partial charge in [0.25, 0.3) is 0 Å². The monoisotopic (exact) mass is 515 g/mol. The van der Waals surface area contributed by atoms with E-state index in [9.17, 15) is 14.0 Å². The number of amides is 2. The minimum absolute atomic E-state index is 0.0368. The predicted octanol–water partition coefficient (Wildman–Crippen LogP) is 6.09. The van der Waals surface area contributed by atoms with Crippen LogP contribution in [0.5, 0.6) is 0 Å². The molecular weight excluding hydrogens is 477 g/mol. The lowest BCUT2D eigenvalue weighted by Gasteiger charge is -2.33. The summed E-state index contributed by atoms with van der Waals surface area (Å²) in [6, 6.07) is 24.3. The Labute approximate surface area is 225 Å². The van der Waals surface area contributed by atoms with Crippen LogP contribution in [0.15, 0.2) is 78.9 Å². The number of likely N-dealkylation sites (tertiary alicyclic amines) is 1. The average Bonchev–Trinajstić information content (AvgIpc) is 2.93. The van der Waals surface area contributed by atoms with E-state index >= 15 is 0 Å². The Morgan fingerprint density at radius 2 is 1.66 bits per heavy atom. The first kappa shape index (κ1) is 27.5. The third kappa shape index (κ3) is 7.99. The van der Waals surface area contributed by atoms with E-state index in [0.29, 0.717) is 5.92 Å². The molecule has 1 saturated heterocycles. The normalized spacial score (nSPS) is 15.3. The summed E-state index contributed by atoms with van der Waals surface area (Å²) in [6.07, 6.45) is 3.18. The van der Waals surface area contributed by atoms with Gasteiger partial charge < -0.3 is 15.5 Å². The third-order valence-electron chi connectivity index (χ3n) is 7.29. The standard InChI is InChI=1S/C32H38FN3O2/c1-23(2)32(38)34-29-10-6-9-27(22-29)25-15-18-36(19-16-25)20-17-30(26-7-4-3-5-8-26)35-31(37)21-24-11-13-28(33)14-12-24/h3-14,22-23,25,30H,15-21H2,1-2H3,(H,34,38)(H,35,37)/t30-/m0/s1. The van der Waals surface area contributed by atoms with Crippen LogP contribution in [0.4, 0.5) is 10.1 Å². The maximum atomic E-state index is 13.2. The summed E-state index contributed by atoms with van der Waals surface area (Å²) in [5.74, 6) is 0.103. The molecular formula is C32H38FN3O2. The lowest BCUT2D eigenvalue weighted by atomic mass is 9.89. The Morgan fingerprint density at radius 1 is 0.947 bits per heavy atom. The number of benzene rings is 3. The van der Waals surface area contributed by atoms with Gasteiger partial charge in [-0.25, -0.2) is 4.39 Å². The zero-order valence-electron chi connectivity index (χ0n) is 22.3. The van der Waals surface area contributed by atoms with Crippen LogP contribution in [0.2, 0.25) is 0 Å². The molecule has 1 atom stereocenters. The van der Waals surface area contributed by atoms with Crippen molar-refractivity contribution >= 4 is 17.5 Å². The highest BCUT2D eigenvalue weighted by Gasteiger charge is 2.23. The Morgan fingerprint density at radius 3 is 2.34 bits per heavy atom. The highest BCUT2D eigenvalue weighted by Crippen LogP contribution is 2.30. The first-order valence-electron chi connectivity index (χ1n) is 13.6. The molecule has 3 aromatic rings. The molecule has 2 N–H and O–H groups in total. The van der Waals surface area contributed by atoms with Gasteiger partial charge >= 0.3 is 0 Å². The number of carbonyl (C=O) groups is 2.